The maximum Gasteiger partial charge on any atom is 0.233 e. The molecule has 0 aromatic carbocycles. The molecule has 0 spiro atoms. The van der Waals surface area contributed by atoms with Gasteiger partial charge in [0.25, 0.3) is 0 Å². The van der Waals surface area contributed by atoms with Crippen molar-refractivity contribution in [3.8, 4) is 0 Å². The molecule has 1 atom stereocenters. The Bertz CT molecular complexity index is 748. The van der Waals surface area contributed by atoms with E-state index in [2.05, 4.69) is 15.3 Å². The quantitative estimate of drug-likeness (QED) is 0.886. The van der Waals surface area contributed by atoms with E-state index in [1.807, 2.05) is 27.8 Å². The molecule has 1 aliphatic carbocycles. The third kappa shape index (κ3) is 3.36. The van der Waals surface area contributed by atoms with E-state index in [1.165, 1.54) is 12.8 Å². The third-order valence-corrected chi connectivity index (χ3v) is 5.26. The van der Waals surface area contributed by atoms with Gasteiger partial charge < -0.3 is 10.2 Å². The number of hydrogen-bond acceptors (Lipinski definition) is 4. The minimum atomic E-state index is -0.212. The van der Waals surface area contributed by atoms with Crippen LogP contribution < -0.4 is 5.32 Å². The van der Waals surface area contributed by atoms with Crippen molar-refractivity contribution in [2.45, 2.75) is 44.6 Å². The van der Waals surface area contributed by atoms with E-state index in [4.69, 9.17) is 0 Å². The molecule has 132 valence electrons. The number of amides is 2. The van der Waals surface area contributed by atoms with Crippen LogP contribution in [0.15, 0.2) is 24.7 Å². The second kappa shape index (κ2) is 6.82. The molecule has 0 bridgehead atoms. The highest BCUT2D eigenvalue weighted by Gasteiger charge is 2.38. The van der Waals surface area contributed by atoms with Gasteiger partial charge in [0, 0.05) is 50.6 Å². The SMILES string of the molecule is O=C(NCCc1cn2cccnc2n1)[C@@H]1CC(=O)N(C2CCCC2)C1. The van der Waals surface area contributed by atoms with Crippen LogP contribution in [-0.2, 0) is 16.0 Å². The summed E-state index contributed by atoms with van der Waals surface area (Å²) in [5.74, 6) is 0.572. The Hall–Kier alpha value is -2.44. The van der Waals surface area contributed by atoms with Crippen LogP contribution in [0, 0.1) is 5.92 Å². The molecule has 2 aliphatic rings. The lowest BCUT2D eigenvalue weighted by molar-refractivity contribution is -0.130. The van der Waals surface area contributed by atoms with E-state index >= 15 is 0 Å². The van der Waals surface area contributed by atoms with Crippen molar-refractivity contribution in [3.63, 3.8) is 0 Å². The molecule has 7 heteroatoms. The van der Waals surface area contributed by atoms with Crippen molar-refractivity contribution >= 4 is 17.6 Å². The summed E-state index contributed by atoms with van der Waals surface area (Å²) in [6.45, 7) is 1.10. The molecule has 4 rings (SSSR count). The van der Waals surface area contributed by atoms with Crippen LogP contribution in [0.1, 0.15) is 37.8 Å². The van der Waals surface area contributed by atoms with Crippen LogP contribution in [-0.4, -0.2) is 50.2 Å². The van der Waals surface area contributed by atoms with Crippen LogP contribution in [0.2, 0.25) is 0 Å². The number of nitrogens with one attached hydrogen (secondary N) is 1. The number of likely N-dealkylation sites (tertiary alicyclic amines) is 1. The molecule has 0 radical (unpaired) electrons. The van der Waals surface area contributed by atoms with Gasteiger partial charge in [-0.15, -0.1) is 0 Å². The largest absolute Gasteiger partial charge is 0.355 e. The van der Waals surface area contributed by atoms with E-state index in [0.29, 0.717) is 37.8 Å². The van der Waals surface area contributed by atoms with Crippen molar-refractivity contribution in [3.05, 3.63) is 30.4 Å². The molecule has 2 aromatic rings. The summed E-state index contributed by atoms with van der Waals surface area (Å²) >= 11 is 0. The van der Waals surface area contributed by atoms with Crippen LogP contribution in [0.5, 0.6) is 0 Å². The first-order valence-electron chi connectivity index (χ1n) is 9.06. The van der Waals surface area contributed by atoms with Gasteiger partial charge in [-0.2, -0.15) is 0 Å². The van der Waals surface area contributed by atoms with Gasteiger partial charge in [0.15, 0.2) is 0 Å². The summed E-state index contributed by atoms with van der Waals surface area (Å²) in [5, 5.41) is 2.96. The number of carbonyl (C=O) groups excluding carboxylic acids is 2. The summed E-state index contributed by atoms with van der Waals surface area (Å²) in [7, 11) is 0. The van der Waals surface area contributed by atoms with Gasteiger partial charge in [-0.05, 0) is 18.9 Å². The zero-order valence-corrected chi connectivity index (χ0v) is 14.2. The standard InChI is InChI=1S/C18H23N5O2/c24-16-10-13(11-23(16)15-4-1-2-5-15)17(25)19-8-6-14-12-22-9-3-7-20-18(22)21-14/h3,7,9,12-13,15H,1-2,4-6,8,10-11H2,(H,19,25)/t13-/m1/s1. The summed E-state index contributed by atoms with van der Waals surface area (Å²) < 4.78 is 1.87. The maximum absolute atomic E-state index is 12.4. The molecule has 2 amide bonds. The minimum Gasteiger partial charge on any atom is -0.355 e. The predicted molar refractivity (Wildman–Crippen MR) is 91.8 cm³/mol. The molecule has 1 saturated carbocycles. The fourth-order valence-electron chi connectivity index (χ4n) is 3.93. The summed E-state index contributed by atoms with van der Waals surface area (Å²) in [4.78, 5) is 35.1. The molecule has 2 fully saturated rings. The highest BCUT2D eigenvalue weighted by molar-refractivity contribution is 5.89. The monoisotopic (exact) mass is 341 g/mol. The minimum absolute atomic E-state index is 0.0178. The van der Waals surface area contributed by atoms with Crippen LogP contribution in [0.25, 0.3) is 5.78 Å². The molecular weight excluding hydrogens is 318 g/mol. The van der Waals surface area contributed by atoms with E-state index in [9.17, 15) is 9.59 Å². The number of imidazole rings is 1. The maximum atomic E-state index is 12.4. The molecule has 25 heavy (non-hydrogen) atoms. The number of rotatable bonds is 5. The summed E-state index contributed by atoms with van der Waals surface area (Å²) in [6.07, 6.45) is 11.1. The predicted octanol–water partition coefficient (Wildman–Crippen LogP) is 1.18. The number of aromatic nitrogens is 3. The molecule has 0 unspecified atom stereocenters. The van der Waals surface area contributed by atoms with Crippen LogP contribution in [0.3, 0.4) is 0 Å². The zero-order valence-electron chi connectivity index (χ0n) is 14.2. The Labute approximate surface area is 146 Å². The van der Waals surface area contributed by atoms with Gasteiger partial charge in [-0.3, -0.25) is 14.0 Å². The third-order valence-electron chi connectivity index (χ3n) is 5.26. The molecule has 1 N–H and O–H groups in total. The van der Waals surface area contributed by atoms with Crippen molar-refractivity contribution in [1.82, 2.24) is 24.6 Å². The molecule has 1 saturated heterocycles. The van der Waals surface area contributed by atoms with E-state index in [0.717, 1.165) is 18.5 Å². The lowest BCUT2D eigenvalue weighted by Crippen LogP contribution is -2.37. The van der Waals surface area contributed by atoms with E-state index in [1.54, 1.807) is 6.20 Å². The molecule has 7 nitrogen and oxygen atoms in total. The van der Waals surface area contributed by atoms with Crippen LogP contribution in [0.4, 0.5) is 0 Å². The van der Waals surface area contributed by atoms with Crippen molar-refractivity contribution in [1.29, 1.82) is 0 Å². The fraction of sp³-hybridized carbons (Fsp3) is 0.556. The van der Waals surface area contributed by atoms with E-state index in [-0.39, 0.29) is 17.7 Å². The van der Waals surface area contributed by atoms with Crippen molar-refractivity contribution in [2.75, 3.05) is 13.1 Å². The second-order valence-corrected chi connectivity index (χ2v) is 6.99. The smallest absolute Gasteiger partial charge is 0.233 e. The fourth-order valence-corrected chi connectivity index (χ4v) is 3.93. The Morgan fingerprint density at radius 3 is 2.96 bits per heavy atom. The van der Waals surface area contributed by atoms with Gasteiger partial charge in [0.2, 0.25) is 17.6 Å². The molecule has 3 heterocycles. The number of carbonyl (C=O) groups is 2. The number of fused-ring (bicyclic) bond motifs is 1. The molecular formula is C18H23N5O2. The number of hydrogen-bond donors (Lipinski definition) is 1. The Balaban J connectivity index is 1.28. The van der Waals surface area contributed by atoms with Gasteiger partial charge >= 0.3 is 0 Å². The van der Waals surface area contributed by atoms with Gasteiger partial charge in [0.1, 0.15) is 0 Å². The molecule has 1 aliphatic heterocycles. The first-order chi connectivity index (χ1) is 12.2. The summed E-state index contributed by atoms with van der Waals surface area (Å²) in [5.41, 5.74) is 0.897. The highest BCUT2D eigenvalue weighted by Crippen LogP contribution is 2.29. The highest BCUT2D eigenvalue weighted by atomic mass is 16.2. The van der Waals surface area contributed by atoms with Crippen molar-refractivity contribution < 1.29 is 9.59 Å². The lowest BCUT2D eigenvalue weighted by atomic mass is 10.1. The van der Waals surface area contributed by atoms with Crippen LogP contribution >= 0.6 is 0 Å². The average molecular weight is 341 g/mol. The van der Waals surface area contributed by atoms with Gasteiger partial charge in [-0.25, -0.2) is 9.97 Å². The number of nitrogens with zero attached hydrogens (tertiary/aromatic N) is 4. The lowest BCUT2D eigenvalue weighted by Gasteiger charge is -2.23. The summed E-state index contributed by atoms with van der Waals surface area (Å²) in [6, 6.07) is 2.21. The Morgan fingerprint density at radius 2 is 2.16 bits per heavy atom. The Morgan fingerprint density at radius 1 is 1.32 bits per heavy atom. The first-order valence-corrected chi connectivity index (χ1v) is 9.06. The topological polar surface area (TPSA) is 79.6 Å². The van der Waals surface area contributed by atoms with Gasteiger partial charge in [-0.1, -0.05) is 12.8 Å². The average Bonchev–Trinajstić information content (AvgIpc) is 3.33. The van der Waals surface area contributed by atoms with Crippen molar-refractivity contribution in [2.24, 2.45) is 5.92 Å². The van der Waals surface area contributed by atoms with Gasteiger partial charge in [0.05, 0.1) is 11.6 Å². The second-order valence-electron chi connectivity index (χ2n) is 6.99. The Kier molecular flexibility index (Phi) is 4.38. The normalized spacial score (nSPS) is 21.4. The zero-order chi connectivity index (χ0) is 17.2. The first kappa shape index (κ1) is 16.1. The molecule has 2 aromatic heterocycles. The van der Waals surface area contributed by atoms with E-state index < -0.39 is 0 Å².